The van der Waals surface area contributed by atoms with Crippen molar-refractivity contribution in [1.82, 2.24) is 25.5 Å². The molecule has 0 bridgehead atoms. The van der Waals surface area contributed by atoms with Crippen molar-refractivity contribution in [2.24, 2.45) is 23.2 Å². The van der Waals surface area contributed by atoms with Gasteiger partial charge in [-0.2, -0.15) is 0 Å². The van der Waals surface area contributed by atoms with E-state index in [1.165, 1.54) is 28.7 Å². The van der Waals surface area contributed by atoms with Gasteiger partial charge in [0.25, 0.3) is 0 Å². The Hall–Kier alpha value is -4.67. The van der Waals surface area contributed by atoms with E-state index in [4.69, 9.17) is 40.5 Å². The number of benzene rings is 1. The van der Waals surface area contributed by atoms with Crippen LogP contribution in [0.25, 0.3) is 22.3 Å². The van der Waals surface area contributed by atoms with Crippen LogP contribution in [0.1, 0.15) is 66.7 Å². The van der Waals surface area contributed by atoms with Gasteiger partial charge < -0.3 is 44.9 Å². The summed E-state index contributed by atoms with van der Waals surface area (Å²) in [6, 6.07) is 3.17. The fraction of sp³-hybridized carbons (Fsp3) is 0.571. The Morgan fingerprint density at radius 3 is 2.46 bits per heavy atom. The minimum absolute atomic E-state index is 0.0163. The number of carboxylic acid groups (broad SMARTS) is 1. The van der Waals surface area contributed by atoms with Crippen molar-refractivity contribution >= 4 is 62.8 Å². The molecule has 0 unspecified atom stereocenters. The number of nitrogens with one attached hydrogen (secondary N) is 3. The van der Waals surface area contributed by atoms with E-state index >= 15 is 0 Å². The Bertz CT molecular complexity index is 2110. The average molecular weight is 853 g/mol. The number of pyridine rings is 1. The van der Waals surface area contributed by atoms with Crippen LogP contribution < -0.4 is 25.4 Å². The first-order valence-corrected chi connectivity index (χ1v) is 21.4. The van der Waals surface area contributed by atoms with E-state index in [1.54, 1.807) is 25.3 Å². The molecule has 17 heteroatoms. The number of fused-ring (bicyclic) bond motifs is 2. The number of carboxylic acids is 1. The summed E-state index contributed by atoms with van der Waals surface area (Å²) in [5, 5.41) is 22.4. The molecule has 3 saturated carbocycles. The zero-order valence-corrected chi connectivity index (χ0v) is 35.8. The van der Waals surface area contributed by atoms with Crippen molar-refractivity contribution in [2.45, 2.75) is 103 Å². The van der Waals surface area contributed by atoms with E-state index in [-0.39, 0.29) is 43.2 Å². The molecule has 15 nitrogen and oxygen atoms in total. The van der Waals surface area contributed by atoms with Crippen molar-refractivity contribution in [3.63, 3.8) is 0 Å². The quantitative estimate of drug-likeness (QED) is 0.0933. The van der Waals surface area contributed by atoms with Crippen molar-refractivity contribution in [1.29, 1.82) is 0 Å². The van der Waals surface area contributed by atoms with Gasteiger partial charge in [-0.05, 0) is 68.9 Å². The second-order valence-electron chi connectivity index (χ2n) is 17.4. The Morgan fingerprint density at radius 2 is 1.81 bits per heavy atom. The number of aliphatic carboxylic acids is 1. The lowest BCUT2D eigenvalue weighted by atomic mass is 9.85. The van der Waals surface area contributed by atoms with Gasteiger partial charge in [-0.1, -0.05) is 38.4 Å². The van der Waals surface area contributed by atoms with Gasteiger partial charge >= 0.3 is 12.1 Å². The summed E-state index contributed by atoms with van der Waals surface area (Å²) < 4.78 is 23.5. The number of methoxy groups -OCH3 is 1. The predicted octanol–water partition coefficient (Wildman–Crippen LogP) is 6.29. The minimum atomic E-state index is -1.53. The van der Waals surface area contributed by atoms with Gasteiger partial charge in [-0.25, -0.2) is 19.6 Å². The van der Waals surface area contributed by atoms with Crippen LogP contribution in [0.5, 0.6) is 11.5 Å². The number of halogens is 1. The van der Waals surface area contributed by atoms with Crippen LogP contribution in [0.15, 0.2) is 36.2 Å². The summed E-state index contributed by atoms with van der Waals surface area (Å²) in [6.45, 7) is 13.8. The number of aromatic nitrogens is 2. The SMILES string of the molecule is C=C[C@@H]1C[C@]1(NC(=O)[C@@H]1C[C@@H](Oc2cc(-c3csc(NC(C)C)n3)nc3c(Cl)c(OCCOC)ccc23)CN1C(=O)[C@@H](NC(=O)O[C@@H]1C[C@@H]2C[C@@H]2C1)C(C)(C)C)C(=O)O. The molecule has 1 saturated heterocycles. The maximum absolute atomic E-state index is 14.7. The number of rotatable bonds is 16. The molecule has 7 rings (SSSR count). The highest BCUT2D eigenvalue weighted by Gasteiger charge is 2.61. The van der Waals surface area contributed by atoms with Gasteiger partial charge in [0.05, 0.1) is 24.4 Å². The van der Waals surface area contributed by atoms with E-state index in [1.807, 2.05) is 40.0 Å². The Balaban J connectivity index is 1.21. The fourth-order valence-electron chi connectivity index (χ4n) is 8.24. The van der Waals surface area contributed by atoms with Crippen LogP contribution in [0.4, 0.5) is 9.93 Å². The number of amides is 3. The van der Waals surface area contributed by atoms with Gasteiger partial charge in [0.1, 0.15) is 58.7 Å². The molecular formula is C42H53ClN6O9S. The van der Waals surface area contributed by atoms with Crippen LogP contribution in [0.3, 0.4) is 0 Å². The number of alkyl carbamates (subject to hydrolysis) is 1. The molecule has 4 fully saturated rings. The number of hydrogen-bond acceptors (Lipinski definition) is 12. The van der Waals surface area contributed by atoms with E-state index in [2.05, 4.69) is 22.5 Å². The summed E-state index contributed by atoms with van der Waals surface area (Å²) in [4.78, 5) is 65.7. The van der Waals surface area contributed by atoms with Crippen LogP contribution in [0.2, 0.25) is 5.02 Å². The largest absolute Gasteiger partial charge is 0.490 e. The van der Waals surface area contributed by atoms with E-state index in [0.29, 0.717) is 57.4 Å². The lowest BCUT2D eigenvalue weighted by molar-refractivity contribution is -0.146. The summed E-state index contributed by atoms with van der Waals surface area (Å²) in [5.41, 5.74) is -0.893. The molecule has 2 aromatic heterocycles. The van der Waals surface area contributed by atoms with Crippen LogP contribution in [0, 0.1) is 23.2 Å². The lowest BCUT2D eigenvalue weighted by Gasteiger charge is -2.35. The molecule has 4 N–H and O–H groups in total. The Kier molecular flexibility index (Phi) is 12.1. The molecule has 0 radical (unpaired) electrons. The summed E-state index contributed by atoms with van der Waals surface area (Å²) in [6.07, 6.45) is 2.83. The highest BCUT2D eigenvalue weighted by molar-refractivity contribution is 7.14. The molecule has 318 valence electrons. The zero-order valence-electron chi connectivity index (χ0n) is 34.2. The van der Waals surface area contributed by atoms with Crippen molar-refractivity contribution < 1.29 is 43.2 Å². The standard InChI is InChI=1S/C42H53ClN6O9S/c1-8-24-18-42(24,38(52)53)48-36(50)30-16-26(19-49(30)37(51)35(41(4,5)6)47-40(54)58-25-14-22-13-23(22)15-25)57-32-17-28(29-20-59-39(46-29)44-21(2)3)45-34-27(32)9-10-31(33(34)43)56-12-11-55-7/h8-10,17,20-26,30,35H,1,11-16,18-19H2,2-7H3,(H,44,46)(H,47,54)(H,48,50)(H,52,53)/t22-,23+,24-,25+,26-,30+,35-,42-/m1/s1. The topological polar surface area (TPSA) is 191 Å². The Labute approximate surface area is 352 Å². The molecule has 3 heterocycles. The first kappa shape index (κ1) is 42.5. The number of likely N-dealkylation sites (tertiary alicyclic amines) is 1. The number of carbonyl (C=O) groups is 4. The van der Waals surface area contributed by atoms with Gasteiger partial charge in [0.15, 0.2) is 5.13 Å². The van der Waals surface area contributed by atoms with Gasteiger partial charge in [0, 0.05) is 42.3 Å². The molecule has 1 aromatic carbocycles. The lowest BCUT2D eigenvalue weighted by Crippen LogP contribution is -2.59. The number of anilines is 1. The van der Waals surface area contributed by atoms with Crippen LogP contribution in [-0.2, 0) is 23.9 Å². The van der Waals surface area contributed by atoms with Gasteiger partial charge in [-0.3, -0.25) is 9.59 Å². The van der Waals surface area contributed by atoms with E-state index in [0.717, 1.165) is 12.8 Å². The highest BCUT2D eigenvalue weighted by atomic mass is 35.5. The maximum Gasteiger partial charge on any atom is 0.408 e. The normalized spacial score (nSPS) is 26.2. The number of ether oxygens (including phenoxy) is 4. The second kappa shape index (κ2) is 16.8. The molecule has 1 aliphatic heterocycles. The van der Waals surface area contributed by atoms with Gasteiger partial charge in [-0.15, -0.1) is 17.9 Å². The monoisotopic (exact) mass is 852 g/mol. The Morgan fingerprint density at radius 1 is 1.07 bits per heavy atom. The average Bonchev–Trinajstić information content (AvgIpc) is 3.84. The predicted molar refractivity (Wildman–Crippen MR) is 223 cm³/mol. The number of hydrogen-bond donors (Lipinski definition) is 4. The zero-order chi connectivity index (χ0) is 42.4. The first-order chi connectivity index (χ1) is 28.0. The molecule has 4 aliphatic rings. The molecule has 3 aromatic rings. The molecular weight excluding hydrogens is 800 g/mol. The smallest absolute Gasteiger partial charge is 0.408 e. The molecule has 3 amide bonds. The third kappa shape index (κ3) is 9.09. The first-order valence-electron chi connectivity index (χ1n) is 20.1. The number of thiazole rings is 1. The van der Waals surface area contributed by atoms with Crippen molar-refractivity contribution in [3.05, 3.63) is 41.3 Å². The summed E-state index contributed by atoms with van der Waals surface area (Å²) in [7, 11) is 1.58. The molecule has 59 heavy (non-hydrogen) atoms. The fourth-order valence-corrected chi connectivity index (χ4v) is 9.35. The third-order valence-corrected chi connectivity index (χ3v) is 12.7. The minimum Gasteiger partial charge on any atom is -0.490 e. The molecule has 0 spiro atoms. The van der Waals surface area contributed by atoms with Crippen LogP contribution in [-0.4, -0.2) is 107 Å². The van der Waals surface area contributed by atoms with Gasteiger partial charge in [0.2, 0.25) is 11.8 Å². The van der Waals surface area contributed by atoms with Crippen LogP contribution >= 0.6 is 22.9 Å². The van der Waals surface area contributed by atoms with E-state index < -0.39 is 58.9 Å². The van der Waals surface area contributed by atoms with Crippen molar-refractivity contribution in [2.75, 3.05) is 32.2 Å². The number of nitrogens with zero attached hydrogens (tertiary/aromatic N) is 3. The maximum atomic E-state index is 14.7. The second-order valence-corrected chi connectivity index (χ2v) is 18.7. The highest BCUT2D eigenvalue weighted by Crippen LogP contribution is 2.52. The summed E-state index contributed by atoms with van der Waals surface area (Å²) in [5.74, 6) is -0.870. The van der Waals surface area contributed by atoms with E-state index in [9.17, 15) is 24.3 Å². The third-order valence-electron chi connectivity index (χ3n) is 11.6. The molecule has 3 aliphatic carbocycles. The number of carbonyl (C=O) groups excluding carboxylic acids is 3. The van der Waals surface area contributed by atoms with Crippen molar-refractivity contribution in [3.8, 4) is 22.9 Å². The summed E-state index contributed by atoms with van der Waals surface area (Å²) >= 11 is 8.38. The molecule has 8 atom stereocenters.